The second-order valence-corrected chi connectivity index (χ2v) is 14.2. The van der Waals surface area contributed by atoms with Crippen molar-refractivity contribution in [2.45, 2.75) is 148 Å². The monoisotopic (exact) mass is 776 g/mol. The van der Waals surface area contributed by atoms with Crippen LogP contribution < -0.4 is 0 Å². The SMILES string of the molecule is CC/C=C\C/C=C\C/C=C\C/C=C\CCCCCCC(=O)O[C@H](COC(=O)CCC[C@@H](O)/C=C/C=C\C/C=C\C=C\[C@@H](O)CCCCC)COP(=O)(O)O. The summed E-state index contributed by atoms with van der Waals surface area (Å²) in [6, 6.07) is 0. The molecule has 0 bridgehead atoms. The van der Waals surface area contributed by atoms with E-state index in [2.05, 4.69) is 67.0 Å². The Balaban J connectivity index is 4.26. The lowest BCUT2D eigenvalue weighted by Crippen LogP contribution is -2.29. The van der Waals surface area contributed by atoms with E-state index in [1.165, 1.54) is 0 Å². The van der Waals surface area contributed by atoms with Crippen LogP contribution in [0.3, 0.4) is 0 Å². The van der Waals surface area contributed by atoms with Crippen molar-refractivity contribution in [3.63, 3.8) is 0 Å². The minimum absolute atomic E-state index is 0.00722. The largest absolute Gasteiger partial charge is 0.469 e. The van der Waals surface area contributed by atoms with Crippen molar-refractivity contribution >= 4 is 19.8 Å². The molecule has 0 saturated carbocycles. The maximum absolute atomic E-state index is 12.4. The van der Waals surface area contributed by atoms with Gasteiger partial charge in [-0.2, -0.15) is 0 Å². The van der Waals surface area contributed by atoms with Crippen molar-refractivity contribution in [2.24, 2.45) is 0 Å². The Morgan fingerprint density at radius 3 is 1.72 bits per heavy atom. The predicted molar refractivity (Wildman–Crippen MR) is 218 cm³/mol. The Hall–Kier alpha value is -3.11. The fourth-order valence-corrected chi connectivity index (χ4v) is 5.17. The zero-order valence-corrected chi connectivity index (χ0v) is 33.7. The van der Waals surface area contributed by atoms with Gasteiger partial charge in [-0.1, -0.05) is 143 Å². The molecule has 0 spiro atoms. The van der Waals surface area contributed by atoms with Crippen molar-refractivity contribution < 1.29 is 48.2 Å². The van der Waals surface area contributed by atoms with Crippen molar-refractivity contribution in [1.29, 1.82) is 0 Å². The number of allylic oxidation sites excluding steroid dienone is 14. The second kappa shape index (κ2) is 36.8. The number of carbonyl (C=O) groups excluding carboxylic acids is 2. The summed E-state index contributed by atoms with van der Waals surface area (Å²) in [6.07, 6.45) is 43.4. The fourth-order valence-electron chi connectivity index (χ4n) is 4.81. The molecule has 0 saturated heterocycles. The summed E-state index contributed by atoms with van der Waals surface area (Å²) in [5.41, 5.74) is 0. The summed E-state index contributed by atoms with van der Waals surface area (Å²) in [5, 5.41) is 20.0. The summed E-state index contributed by atoms with van der Waals surface area (Å²) in [5.74, 6) is -1.15. The molecule has 0 unspecified atom stereocenters. The number of aliphatic hydroxyl groups excluding tert-OH is 2. The Bertz CT molecular complexity index is 1220. The maximum atomic E-state index is 12.4. The lowest BCUT2D eigenvalue weighted by Gasteiger charge is -2.18. The molecule has 0 aromatic heterocycles. The number of esters is 2. The lowest BCUT2D eigenvalue weighted by molar-refractivity contribution is -0.161. The molecule has 4 N–H and O–H groups in total. The molecule has 306 valence electrons. The molecular formula is C43H69O10P. The Morgan fingerprint density at radius 2 is 1.13 bits per heavy atom. The predicted octanol–water partition coefficient (Wildman–Crippen LogP) is 9.78. The van der Waals surface area contributed by atoms with E-state index in [9.17, 15) is 24.4 Å². The normalized spacial score (nSPS) is 14.7. The van der Waals surface area contributed by atoms with Gasteiger partial charge in [0.15, 0.2) is 6.10 Å². The topological polar surface area (TPSA) is 160 Å². The number of hydrogen-bond donors (Lipinski definition) is 4. The second-order valence-electron chi connectivity index (χ2n) is 12.9. The number of phosphoric acid groups is 1. The first kappa shape index (κ1) is 50.9. The van der Waals surface area contributed by atoms with E-state index in [1.807, 2.05) is 30.4 Å². The first-order chi connectivity index (χ1) is 26.1. The number of aliphatic hydroxyl groups is 2. The minimum Gasteiger partial charge on any atom is -0.462 e. The lowest BCUT2D eigenvalue weighted by atomic mass is 10.1. The van der Waals surface area contributed by atoms with E-state index in [0.717, 1.165) is 77.0 Å². The van der Waals surface area contributed by atoms with Gasteiger partial charge in [-0.25, -0.2) is 4.57 Å². The molecule has 0 aliphatic rings. The molecule has 10 nitrogen and oxygen atoms in total. The summed E-state index contributed by atoms with van der Waals surface area (Å²) >= 11 is 0. The number of rotatable bonds is 34. The molecule has 0 amide bonds. The standard InChI is InChI=1S/C43H69O10P/c1-3-5-7-8-9-10-11-12-13-14-15-16-17-18-22-25-29-35-43(47)53-41(38-52-54(48,49)50)37-51-42(46)36-30-34-40(45)33-28-24-21-19-20-23-27-32-39(44)31-26-6-4-2/h5,7,9-10,12-13,15-16,20-21,23-24,27-28,32-33,39-41,44-45H,3-4,6,8,11,14,17-19,22,25-26,29-31,34-38H2,1-2H3,(H2,48,49,50)/b7-5-,10-9-,13-12-,16-15-,23-20-,24-21-,32-27+,33-28+/t39-,40-,41+/m0/s1. The highest BCUT2D eigenvalue weighted by atomic mass is 31.2. The molecule has 0 aromatic carbocycles. The summed E-state index contributed by atoms with van der Waals surface area (Å²) in [6.45, 7) is 3.23. The van der Waals surface area contributed by atoms with Crippen molar-refractivity contribution in [3.05, 3.63) is 97.2 Å². The van der Waals surface area contributed by atoms with Crippen LogP contribution in [0.2, 0.25) is 0 Å². The average molecular weight is 777 g/mol. The van der Waals surface area contributed by atoms with Crippen LogP contribution in [0.5, 0.6) is 0 Å². The van der Waals surface area contributed by atoms with Crippen LogP contribution in [0.25, 0.3) is 0 Å². The first-order valence-corrected chi connectivity index (χ1v) is 21.3. The molecule has 0 heterocycles. The van der Waals surface area contributed by atoms with Crippen molar-refractivity contribution in [2.75, 3.05) is 13.2 Å². The third kappa shape index (κ3) is 38.6. The van der Waals surface area contributed by atoms with Crippen LogP contribution in [0, 0.1) is 0 Å². The highest BCUT2D eigenvalue weighted by Gasteiger charge is 2.23. The molecule has 0 aromatic rings. The molecule has 3 atom stereocenters. The third-order valence-corrected chi connectivity index (χ3v) is 8.28. The minimum atomic E-state index is -4.82. The van der Waals surface area contributed by atoms with Crippen molar-refractivity contribution in [3.8, 4) is 0 Å². The number of hydrogen-bond acceptors (Lipinski definition) is 8. The van der Waals surface area contributed by atoms with Gasteiger partial charge in [0.05, 0.1) is 18.8 Å². The van der Waals surface area contributed by atoms with Gasteiger partial charge in [-0.05, 0) is 70.6 Å². The zero-order chi connectivity index (χ0) is 40.0. The van der Waals surface area contributed by atoms with Crippen LogP contribution in [-0.4, -0.2) is 63.5 Å². The molecule has 11 heteroatoms. The molecule has 0 aliphatic heterocycles. The zero-order valence-electron chi connectivity index (χ0n) is 32.8. The summed E-state index contributed by atoms with van der Waals surface area (Å²) in [4.78, 5) is 42.8. The number of phosphoric ester groups is 1. The highest BCUT2D eigenvalue weighted by molar-refractivity contribution is 7.46. The van der Waals surface area contributed by atoms with Gasteiger partial charge >= 0.3 is 19.8 Å². The quantitative estimate of drug-likeness (QED) is 0.0163. The van der Waals surface area contributed by atoms with E-state index in [-0.39, 0.29) is 12.8 Å². The Labute approximate surface area is 325 Å². The Morgan fingerprint density at radius 1 is 0.593 bits per heavy atom. The summed E-state index contributed by atoms with van der Waals surface area (Å²) < 4.78 is 26.2. The molecule has 54 heavy (non-hydrogen) atoms. The van der Waals surface area contributed by atoms with Gasteiger partial charge in [0.1, 0.15) is 6.61 Å². The smallest absolute Gasteiger partial charge is 0.462 e. The first-order valence-electron chi connectivity index (χ1n) is 19.7. The highest BCUT2D eigenvalue weighted by Crippen LogP contribution is 2.36. The van der Waals surface area contributed by atoms with Gasteiger partial charge in [0.2, 0.25) is 0 Å². The molecule has 0 radical (unpaired) electrons. The van der Waals surface area contributed by atoms with Gasteiger partial charge in [-0.3, -0.25) is 14.1 Å². The fraction of sp³-hybridized carbons (Fsp3) is 0.581. The average Bonchev–Trinajstić information content (AvgIpc) is 3.13. The van der Waals surface area contributed by atoms with Crippen LogP contribution >= 0.6 is 7.82 Å². The van der Waals surface area contributed by atoms with Crippen LogP contribution in [0.15, 0.2) is 97.2 Å². The molecule has 0 aliphatic carbocycles. The van der Waals surface area contributed by atoms with Crippen molar-refractivity contribution in [1.82, 2.24) is 0 Å². The van der Waals surface area contributed by atoms with Gasteiger partial charge in [-0.15, -0.1) is 0 Å². The molecule has 0 rings (SSSR count). The summed E-state index contributed by atoms with van der Waals surface area (Å²) in [7, 11) is -4.82. The number of carbonyl (C=O) groups is 2. The van der Waals surface area contributed by atoms with E-state index >= 15 is 0 Å². The Kier molecular flexibility index (Phi) is 34.7. The molecule has 0 fully saturated rings. The third-order valence-electron chi connectivity index (χ3n) is 7.79. The van der Waals surface area contributed by atoms with Crippen LogP contribution in [-0.2, 0) is 28.2 Å². The van der Waals surface area contributed by atoms with Crippen LogP contribution in [0.4, 0.5) is 0 Å². The maximum Gasteiger partial charge on any atom is 0.469 e. The van der Waals surface area contributed by atoms with Gasteiger partial charge in [0, 0.05) is 12.8 Å². The number of ether oxygens (including phenoxy) is 2. The van der Waals surface area contributed by atoms with Gasteiger partial charge < -0.3 is 29.5 Å². The van der Waals surface area contributed by atoms with E-state index in [1.54, 1.807) is 18.2 Å². The van der Waals surface area contributed by atoms with E-state index < -0.39 is 51.3 Å². The molecular weight excluding hydrogens is 707 g/mol. The van der Waals surface area contributed by atoms with E-state index in [0.29, 0.717) is 25.7 Å². The van der Waals surface area contributed by atoms with Crippen LogP contribution in [0.1, 0.15) is 129 Å². The van der Waals surface area contributed by atoms with Gasteiger partial charge in [0.25, 0.3) is 0 Å². The van der Waals surface area contributed by atoms with E-state index in [4.69, 9.17) is 19.3 Å². The number of unbranched alkanes of at least 4 members (excludes halogenated alkanes) is 6.